The Morgan fingerprint density at radius 1 is 1.28 bits per heavy atom. The molecule has 0 heterocycles. The average molecular weight is 271 g/mol. The molecule has 0 saturated heterocycles. The number of nitrogens with two attached hydrogens (primary N) is 1. The molecule has 1 aromatic rings. The summed E-state index contributed by atoms with van der Waals surface area (Å²) < 4.78 is 23.7. The number of rotatable bonds is 5. The minimum atomic E-state index is -3.64. The van der Waals surface area contributed by atoms with E-state index in [4.69, 9.17) is 10.8 Å². The lowest BCUT2D eigenvalue weighted by Crippen LogP contribution is -2.27. The van der Waals surface area contributed by atoms with Crippen LogP contribution < -0.4 is 5.73 Å². The van der Waals surface area contributed by atoms with Gasteiger partial charge in [-0.1, -0.05) is 6.92 Å². The minimum absolute atomic E-state index is 0.00287. The number of amides is 1. The van der Waals surface area contributed by atoms with Crippen LogP contribution in [0.25, 0.3) is 0 Å². The maximum absolute atomic E-state index is 11.9. The summed E-state index contributed by atoms with van der Waals surface area (Å²) in [7, 11) is -3.64. The van der Waals surface area contributed by atoms with Gasteiger partial charge in [0.25, 0.3) is 0 Å². The fraction of sp³-hybridized carbons (Fsp3) is 0.273. The van der Waals surface area contributed by atoms with Gasteiger partial charge in [0.15, 0.2) is 9.84 Å². The fourth-order valence-corrected chi connectivity index (χ4v) is 2.88. The summed E-state index contributed by atoms with van der Waals surface area (Å²) in [4.78, 5) is 21.4. The first kappa shape index (κ1) is 14.2. The first-order valence-corrected chi connectivity index (χ1v) is 6.74. The van der Waals surface area contributed by atoms with Gasteiger partial charge in [0, 0.05) is 5.92 Å². The molecule has 7 heteroatoms. The number of aromatic carboxylic acids is 1. The predicted molar refractivity (Wildman–Crippen MR) is 63.8 cm³/mol. The first-order valence-electron chi connectivity index (χ1n) is 5.09. The standard InChI is InChI=1S/C11H13NO5S/c1-7(10(12)13)6-18(16,17)9-4-2-8(3-5-9)11(14)15/h2-5,7H,6H2,1H3,(H2,12,13)(H,14,15). The number of benzene rings is 1. The minimum Gasteiger partial charge on any atom is -0.478 e. The zero-order valence-corrected chi connectivity index (χ0v) is 10.5. The van der Waals surface area contributed by atoms with Gasteiger partial charge in [0.2, 0.25) is 5.91 Å². The summed E-state index contributed by atoms with van der Waals surface area (Å²) in [6.45, 7) is 1.42. The molecule has 6 nitrogen and oxygen atoms in total. The molecule has 0 aromatic heterocycles. The number of carboxylic acids is 1. The van der Waals surface area contributed by atoms with Crippen molar-refractivity contribution in [3.63, 3.8) is 0 Å². The van der Waals surface area contributed by atoms with Crippen LogP contribution in [0.1, 0.15) is 17.3 Å². The van der Waals surface area contributed by atoms with Gasteiger partial charge in [-0.3, -0.25) is 4.79 Å². The SMILES string of the molecule is CC(CS(=O)(=O)c1ccc(C(=O)O)cc1)C(N)=O. The molecule has 0 radical (unpaired) electrons. The van der Waals surface area contributed by atoms with E-state index in [2.05, 4.69) is 0 Å². The number of hydrogen-bond donors (Lipinski definition) is 2. The van der Waals surface area contributed by atoms with Crippen LogP contribution in [-0.4, -0.2) is 31.2 Å². The van der Waals surface area contributed by atoms with Crippen LogP contribution >= 0.6 is 0 Å². The molecule has 1 unspecified atom stereocenters. The third-order valence-corrected chi connectivity index (χ3v) is 4.34. The lowest BCUT2D eigenvalue weighted by atomic mass is 10.2. The molecule has 1 aromatic carbocycles. The molecular formula is C11H13NO5S. The highest BCUT2D eigenvalue weighted by atomic mass is 32.2. The van der Waals surface area contributed by atoms with Gasteiger partial charge in [-0.2, -0.15) is 0 Å². The number of carbonyl (C=O) groups excluding carboxylic acids is 1. The van der Waals surface area contributed by atoms with E-state index in [-0.39, 0.29) is 10.5 Å². The highest BCUT2D eigenvalue weighted by Gasteiger charge is 2.21. The zero-order chi connectivity index (χ0) is 13.9. The lowest BCUT2D eigenvalue weighted by molar-refractivity contribution is -0.120. The summed E-state index contributed by atoms with van der Waals surface area (Å²) >= 11 is 0. The Labute approximate surface area is 104 Å². The van der Waals surface area contributed by atoms with Crippen LogP contribution in [-0.2, 0) is 14.6 Å². The van der Waals surface area contributed by atoms with Gasteiger partial charge >= 0.3 is 5.97 Å². The van der Waals surface area contributed by atoms with Crippen LogP contribution in [0.15, 0.2) is 29.2 Å². The van der Waals surface area contributed by atoms with Crippen molar-refractivity contribution in [2.45, 2.75) is 11.8 Å². The topological polar surface area (TPSA) is 115 Å². The van der Waals surface area contributed by atoms with Crippen LogP contribution in [0.3, 0.4) is 0 Å². The number of carboxylic acid groups (broad SMARTS) is 1. The molecule has 3 N–H and O–H groups in total. The third-order valence-electron chi connectivity index (χ3n) is 2.42. The van der Waals surface area contributed by atoms with E-state index in [9.17, 15) is 18.0 Å². The maximum atomic E-state index is 11.9. The van der Waals surface area contributed by atoms with Gasteiger partial charge in [-0.15, -0.1) is 0 Å². The molecule has 18 heavy (non-hydrogen) atoms. The highest BCUT2D eigenvalue weighted by molar-refractivity contribution is 7.91. The number of sulfone groups is 1. The second-order valence-corrected chi connectivity index (χ2v) is 5.95. The Morgan fingerprint density at radius 3 is 2.17 bits per heavy atom. The maximum Gasteiger partial charge on any atom is 0.335 e. The monoisotopic (exact) mass is 271 g/mol. The number of hydrogen-bond acceptors (Lipinski definition) is 4. The van der Waals surface area contributed by atoms with Crippen LogP contribution in [0, 0.1) is 5.92 Å². The van der Waals surface area contributed by atoms with Crippen molar-refractivity contribution >= 4 is 21.7 Å². The molecule has 0 saturated carbocycles. The van der Waals surface area contributed by atoms with Gasteiger partial charge in [0.1, 0.15) is 0 Å². The Kier molecular flexibility index (Phi) is 4.07. The van der Waals surface area contributed by atoms with Crippen molar-refractivity contribution in [1.29, 1.82) is 0 Å². The van der Waals surface area contributed by atoms with E-state index in [1.807, 2.05) is 0 Å². The Morgan fingerprint density at radius 2 is 1.78 bits per heavy atom. The molecule has 0 bridgehead atoms. The van der Waals surface area contributed by atoms with E-state index < -0.39 is 33.4 Å². The van der Waals surface area contributed by atoms with E-state index in [0.717, 1.165) is 0 Å². The molecule has 98 valence electrons. The molecule has 0 aliphatic rings. The molecule has 0 aliphatic heterocycles. The first-order chi connectivity index (χ1) is 8.24. The summed E-state index contributed by atoms with van der Waals surface area (Å²) in [6, 6.07) is 4.80. The zero-order valence-electron chi connectivity index (χ0n) is 9.66. The van der Waals surface area contributed by atoms with Crippen LogP contribution in [0.4, 0.5) is 0 Å². The molecule has 0 spiro atoms. The number of primary amides is 1. The van der Waals surface area contributed by atoms with Crippen molar-refractivity contribution in [2.75, 3.05) is 5.75 Å². The van der Waals surface area contributed by atoms with Gasteiger partial charge in [0.05, 0.1) is 16.2 Å². The van der Waals surface area contributed by atoms with Crippen molar-refractivity contribution in [1.82, 2.24) is 0 Å². The second kappa shape index (κ2) is 5.18. The Bertz CT molecular complexity index is 562. The summed E-state index contributed by atoms with van der Waals surface area (Å²) in [5, 5.41) is 8.69. The second-order valence-electron chi connectivity index (χ2n) is 3.91. The van der Waals surface area contributed by atoms with Crippen molar-refractivity contribution in [2.24, 2.45) is 11.7 Å². The summed E-state index contributed by atoms with van der Waals surface area (Å²) in [6.07, 6.45) is 0. The molecule has 1 amide bonds. The molecule has 1 atom stereocenters. The van der Waals surface area contributed by atoms with Gasteiger partial charge in [-0.05, 0) is 24.3 Å². The van der Waals surface area contributed by atoms with Crippen molar-refractivity contribution < 1.29 is 23.1 Å². The largest absolute Gasteiger partial charge is 0.478 e. The summed E-state index contributed by atoms with van der Waals surface area (Å²) in [5.74, 6) is -3.02. The fourth-order valence-electron chi connectivity index (χ4n) is 1.31. The average Bonchev–Trinajstić information content (AvgIpc) is 2.28. The molecule has 0 aliphatic carbocycles. The Balaban J connectivity index is 2.99. The Hall–Kier alpha value is -1.89. The summed E-state index contributed by atoms with van der Waals surface area (Å²) in [5.41, 5.74) is 5.00. The molecular weight excluding hydrogens is 258 g/mol. The quantitative estimate of drug-likeness (QED) is 0.798. The van der Waals surface area contributed by atoms with Gasteiger partial charge < -0.3 is 10.8 Å². The highest BCUT2D eigenvalue weighted by Crippen LogP contribution is 2.15. The smallest absolute Gasteiger partial charge is 0.335 e. The van der Waals surface area contributed by atoms with E-state index in [1.165, 1.54) is 31.2 Å². The van der Waals surface area contributed by atoms with Gasteiger partial charge in [-0.25, -0.2) is 13.2 Å². The van der Waals surface area contributed by atoms with Crippen LogP contribution in [0.5, 0.6) is 0 Å². The van der Waals surface area contributed by atoms with Crippen LogP contribution in [0.2, 0.25) is 0 Å². The predicted octanol–water partition coefficient (Wildman–Crippen LogP) is 0.280. The van der Waals surface area contributed by atoms with E-state index >= 15 is 0 Å². The normalized spacial score (nSPS) is 12.9. The van der Waals surface area contributed by atoms with E-state index in [1.54, 1.807) is 0 Å². The number of carbonyl (C=O) groups is 2. The molecule has 1 rings (SSSR count). The third kappa shape index (κ3) is 3.30. The van der Waals surface area contributed by atoms with E-state index in [0.29, 0.717) is 0 Å². The molecule has 0 fully saturated rings. The van der Waals surface area contributed by atoms with Crippen molar-refractivity contribution in [3.05, 3.63) is 29.8 Å². The lowest BCUT2D eigenvalue weighted by Gasteiger charge is -2.08. The van der Waals surface area contributed by atoms with Crippen molar-refractivity contribution in [3.8, 4) is 0 Å².